The lowest BCUT2D eigenvalue weighted by Gasteiger charge is -2.30. The van der Waals surface area contributed by atoms with Crippen LogP contribution in [-0.2, 0) is 4.79 Å². The van der Waals surface area contributed by atoms with Gasteiger partial charge in [-0.3, -0.25) is 9.59 Å². The molecular formula is C14H21BrClN3O2S. The Morgan fingerprint density at radius 2 is 2.23 bits per heavy atom. The van der Waals surface area contributed by atoms with Gasteiger partial charge in [0.2, 0.25) is 5.91 Å². The molecule has 2 unspecified atom stereocenters. The molecule has 2 rings (SSSR count). The molecular weight excluding hydrogens is 390 g/mol. The quantitative estimate of drug-likeness (QED) is 0.799. The second kappa shape index (κ2) is 8.86. The molecule has 1 aliphatic heterocycles. The predicted octanol–water partition coefficient (Wildman–Crippen LogP) is 2.12. The van der Waals surface area contributed by atoms with Crippen LogP contribution in [0.4, 0.5) is 0 Å². The Labute approximate surface area is 149 Å². The predicted molar refractivity (Wildman–Crippen MR) is 94.8 cm³/mol. The van der Waals surface area contributed by atoms with Crippen LogP contribution in [0.3, 0.4) is 0 Å². The highest BCUT2D eigenvalue weighted by Gasteiger charge is 2.24. The molecule has 0 radical (unpaired) electrons. The molecule has 2 amide bonds. The van der Waals surface area contributed by atoms with Gasteiger partial charge in [-0.05, 0) is 46.9 Å². The minimum Gasteiger partial charge on any atom is -0.350 e. The fourth-order valence-corrected chi connectivity index (χ4v) is 3.72. The summed E-state index contributed by atoms with van der Waals surface area (Å²) in [6, 6.07) is 3.74. The van der Waals surface area contributed by atoms with E-state index in [1.54, 1.807) is 13.1 Å². The van der Waals surface area contributed by atoms with E-state index in [2.05, 4.69) is 33.5 Å². The standard InChI is InChI=1S/C14H20BrN3O2S.ClH/c1-9-5-6-16-7-10(9)17-13(19)8-18(2)14(20)11-3-4-12(15)21-11;/h3-4,9-10,16H,5-8H2,1-2H3,(H,17,19);1H. The molecule has 1 aliphatic rings. The Kier molecular flexibility index (Phi) is 7.82. The highest BCUT2D eigenvalue weighted by molar-refractivity contribution is 9.11. The largest absolute Gasteiger partial charge is 0.350 e. The van der Waals surface area contributed by atoms with Crippen molar-refractivity contribution in [1.29, 1.82) is 0 Å². The molecule has 5 nitrogen and oxygen atoms in total. The molecule has 0 saturated carbocycles. The maximum atomic E-state index is 12.2. The summed E-state index contributed by atoms with van der Waals surface area (Å²) in [5.74, 6) is 0.224. The van der Waals surface area contributed by atoms with Crippen molar-refractivity contribution in [2.45, 2.75) is 19.4 Å². The molecule has 2 N–H and O–H groups in total. The van der Waals surface area contributed by atoms with E-state index >= 15 is 0 Å². The minimum atomic E-state index is -0.129. The second-order valence-electron chi connectivity index (χ2n) is 5.41. The van der Waals surface area contributed by atoms with Crippen LogP contribution in [0.5, 0.6) is 0 Å². The summed E-state index contributed by atoms with van der Waals surface area (Å²) in [7, 11) is 1.65. The first kappa shape index (κ1) is 19.4. The third-order valence-corrected chi connectivity index (χ3v) is 5.30. The zero-order chi connectivity index (χ0) is 15.4. The van der Waals surface area contributed by atoms with Crippen LogP contribution in [0, 0.1) is 5.92 Å². The summed E-state index contributed by atoms with van der Waals surface area (Å²) >= 11 is 4.71. The highest BCUT2D eigenvalue weighted by atomic mass is 79.9. The zero-order valence-corrected chi connectivity index (χ0v) is 15.8. The van der Waals surface area contributed by atoms with Crippen LogP contribution in [0.15, 0.2) is 15.9 Å². The number of hydrogen-bond donors (Lipinski definition) is 2. The monoisotopic (exact) mass is 409 g/mol. The summed E-state index contributed by atoms with van der Waals surface area (Å²) in [5, 5.41) is 6.29. The Hall–Kier alpha value is -0.630. The second-order valence-corrected chi connectivity index (χ2v) is 7.87. The van der Waals surface area contributed by atoms with Gasteiger partial charge >= 0.3 is 0 Å². The lowest BCUT2D eigenvalue weighted by Crippen LogP contribution is -2.52. The molecule has 8 heteroatoms. The van der Waals surface area contributed by atoms with Crippen molar-refractivity contribution in [2.75, 3.05) is 26.7 Å². The van der Waals surface area contributed by atoms with Gasteiger partial charge in [-0.2, -0.15) is 0 Å². The van der Waals surface area contributed by atoms with Gasteiger partial charge in [-0.15, -0.1) is 23.7 Å². The Morgan fingerprint density at radius 3 is 2.82 bits per heavy atom. The highest BCUT2D eigenvalue weighted by Crippen LogP contribution is 2.23. The van der Waals surface area contributed by atoms with Gasteiger partial charge in [-0.25, -0.2) is 0 Å². The van der Waals surface area contributed by atoms with Gasteiger partial charge in [0.1, 0.15) is 0 Å². The summed E-state index contributed by atoms with van der Waals surface area (Å²) in [6.07, 6.45) is 1.06. The van der Waals surface area contributed by atoms with Crippen LogP contribution in [0.2, 0.25) is 0 Å². The molecule has 1 aromatic heterocycles. The number of nitrogens with zero attached hydrogens (tertiary/aromatic N) is 1. The van der Waals surface area contributed by atoms with E-state index in [0.29, 0.717) is 10.8 Å². The van der Waals surface area contributed by atoms with Crippen molar-refractivity contribution >= 4 is 51.5 Å². The lowest BCUT2D eigenvalue weighted by molar-refractivity contribution is -0.122. The summed E-state index contributed by atoms with van der Waals surface area (Å²) < 4.78 is 0.908. The molecule has 2 atom stereocenters. The van der Waals surface area contributed by atoms with Gasteiger partial charge < -0.3 is 15.5 Å². The summed E-state index contributed by atoms with van der Waals surface area (Å²) in [5.41, 5.74) is 0. The van der Waals surface area contributed by atoms with E-state index in [4.69, 9.17) is 0 Å². The molecule has 2 heterocycles. The summed E-state index contributed by atoms with van der Waals surface area (Å²) in [4.78, 5) is 26.3. The van der Waals surface area contributed by atoms with E-state index in [9.17, 15) is 9.59 Å². The van der Waals surface area contributed by atoms with E-state index in [0.717, 1.165) is 23.3 Å². The van der Waals surface area contributed by atoms with E-state index in [1.807, 2.05) is 6.07 Å². The van der Waals surface area contributed by atoms with E-state index in [-0.39, 0.29) is 36.8 Å². The maximum Gasteiger partial charge on any atom is 0.264 e. The number of nitrogens with one attached hydrogen (secondary N) is 2. The third-order valence-electron chi connectivity index (χ3n) is 3.69. The number of carbonyl (C=O) groups excluding carboxylic acids is 2. The molecule has 0 aliphatic carbocycles. The maximum absolute atomic E-state index is 12.2. The molecule has 1 saturated heterocycles. The van der Waals surface area contributed by atoms with Crippen molar-refractivity contribution in [2.24, 2.45) is 5.92 Å². The number of carbonyl (C=O) groups is 2. The third kappa shape index (κ3) is 5.22. The number of likely N-dealkylation sites (N-methyl/N-ethyl adjacent to an activating group) is 1. The molecule has 124 valence electrons. The smallest absolute Gasteiger partial charge is 0.264 e. The fraction of sp³-hybridized carbons (Fsp3) is 0.571. The zero-order valence-electron chi connectivity index (χ0n) is 12.6. The van der Waals surface area contributed by atoms with Gasteiger partial charge in [0.25, 0.3) is 5.91 Å². The molecule has 1 fully saturated rings. The number of halogens is 2. The van der Waals surface area contributed by atoms with Crippen LogP contribution in [0.1, 0.15) is 23.0 Å². The molecule has 0 bridgehead atoms. The van der Waals surface area contributed by atoms with Crippen molar-refractivity contribution in [3.05, 3.63) is 20.8 Å². The number of amides is 2. The van der Waals surface area contributed by atoms with Crippen molar-refractivity contribution in [1.82, 2.24) is 15.5 Å². The van der Waals surface area contributed by atoms with E-state index < -0.39 is 0 Å². The molecule has 0 spiro atoms. The van der Waals surface area contributed by atoms with Crippen LogP contribution in [-0.4, -0.2) is 49.4 Å². The number of hydrogen-bond acceptors (Lipinski definition) is 4. The lowest BCUT2D eigenvalue weighted by atomic mass is 9.95. The Bertz CT molecular complexity index is 526. The van der Waals surface area contributed by atoms with Crippen molar-refractivity contribution < 1.29 is 9.59 Å². The Morgan fingerprint density at radius 1 is 1.50 bits per heavy atom. The average Bonchev–Trinajstić information content (AvgIpc) is 2.87. The normalized spacial score (nSPS) is 20.9. The van der Waals surface area contributed by atoms with Gasteiger partial charge in [0.05, 0.1) is 15.2 Å². The van der Waals surface area contributed by atoms with Gasteiger partial charge in [-0.1, -0.05) is 6.92 Å². The topological polar surface area (TPSA) is 61.4 Å². The Balaban J connectivity index is 0.00000242. The van der Waals surface area contributed by atoms with Crippen LogP contribution >= 0.6 is 39.7 Å². The van der Waals surface area contributed by atoms with E-state index in [1.165, 1.54) is 16.2 Å². The van der Waals surface area contributed by atoms with Crippen LogP contribution < -0.4 is 10.6 Å². The number of thiophene rings is 1. The first-order valence-corrected chi connectivity index (χ1v) is 8.59. The fourth-order valence-electron chi connectivity index (χ4n) is 2.34. The van der Waals surface area contributed by atoms with Gasteiger partial charge in [0.15, 0.2) is 0 Å². The van der Waals surface area contributed by atoms with Crippen molar-refractivity contribution in [3.63, 3.8) is 0 Å². The van der Waals surface area contributed by atoms with Crippen LogP contribution in [0.25, 0.3) is 0 Å². The van der Waals surface area contributed by atoms with Gasteiger partial charge in [0, 0.05) is 19.6 Å². The number of rotatable bonds is 4. The molecule has 0 aromatic carbocycles. The van der Waals surface area contributed by atoms with Crippen molar-refractivity contribution in [3.8, 4) is 0 Å². The summed E-state index contributed by atoms with van der Waals surface area (Å²) in [6.45, 7) is 4.02. The minimum absolute atomic E-state index is 0. The average molecular weight is 411 g/mol. The SMILES string of the molecule is CC1CCNCC1NC(=O)CN(C)C(=O)c1ccc(Br)s1.Cl. The first-order valence-electron chi connectivity index (χ1n) is 6.98. The molecule has 1 aromatic rings. The first-order chi connectivity index (χ1) is 9.97. The molecule has 22 heavy (non-hydrogen) atoms. The number of piperidine rings is 1.